The summed E-state index contributed by atoms with van der Waals surface area (Å²) in [5, 5.41) is 11.5. The van der Waals surface area contributed by atoms with Crippen LogP contribution in [0.1, 0.15) is 35.6 Å². The Kier molecular flexibility index (Phi) is 5.43. The van der Waals surface area contributed by atoms with Gasteiger partial charge >= 0.3 is 0 Å². The molecular weight excluding hydrogens is 390 g/mol. The number of ketones is 1. The molecular formula is C23H22ClNO4. The molecule has 5 nitrogen and oxygen atoms in total. The molecule has 2 aliphatic heterocycles. The number of ether oxygens (including phenoxy) is 1. The maximum atomic E-state index is 12.9. The van der Waals surface area contributed by atoms with Crippen LogP contribution in [-0.2, 0) is 14.3 Å². The third kappa shape index (κ3) is 3.80. The van der Waals surface area contributed by atoms with Gasteiger partial charge in [-0.2, -0.15) is 0 Å². The van der Waals surface area contributed by atoms with Gasteiger partial charge in [0.1, 0.15) is 5.76 Å². The molecule has 2 heterocycles. The van der Waals surface area contributed by atoms with Crippen LogP contribution in [-0.4, -0.2) is 41.0 Å². The highest BCUT2D eigenvalue weighted by molar-refractivity contribution is 6.46. The van der Waals surface area contributed by atoms with Crippen molar-refractivity contribution in [2.75, 3.05) is 13.2 Å². The summed E-state index contributed by atoms with van der Waals surface area (Å²) in [7, 11) is 0. The molecule has 6 heteroatoms. The van der Waals surface area contributed by atoms with Gasteiger partial charge < -0.3 is 14.7 Å². The molecule has 29 heavy (non-hydrogen) atoms. The third-order valence-corrected chi connectivity index (χ3v) is 5.73. The summed E-state index contributed by atoms with van der Waals surface area (Å²) < 4.78 is 5.69. The highest BCUT2D eigenvalue weighted by Crippen LogP contribution is 2.40. The number of aliphatic hydroxyl groups is 1. The molecule has 2 atom stereocenters. The van der Waals surface area contributed by atoms with Gasteiger partial charge in [-0.15, -0.1) is 0 Å². The third-order valence-electron chi connectivity index (χ3n) is 5.48. The number of nitrogens with zero attached hydrogens (tertiary/aromatic N) is 1. The fraction of sp³-hybridized carbons (Fsp3) is 0.304. The number of aliphatic hydroxyl groups excluding tert-OH is 1. The highest BCUT2D eigenvalue weighted by Gasteiger charge is 2.47. The fourth-order valence-corrected chi connectivity index (χ4v) is 4.06. The molecule has 2 aliphatic rings. The standard InChI is InChI=1S/C23H22ClNO4/c1-14-4-6-16(7-5-14)21(26)19-20(15-8-10-17(24)11-9-15)25(23(28)22(19)27)13-18-3-2-12-29-18/h4-11,18,20,26H,2-3,12-13H2,1H3/t18-,20-/m1/s1. The van der Waals surface area contributed by atoms with Crippen molar-refractivity contribution in [3.05, 3.63) is 75.8 Å². The Labute approximate surface area is 174 Å². The largest absolute Gasteiger partial charge is 0.507 e. The lowest BCUT2D eigenvalue weighted by Crippen LogP contribution is -2.36. The quantitative estimate of drug-likeness (QED) is 0.464. The minimum absolute atomic E-state index is 0.0965. The molecule has 0 aliphatic carbocycles. The van der Waals surface area contributed by atoms with Gasteiger partial charge in [0.25, 0.3) is 11.7 Å². The molecule has 2 aromatic carbocycles. The van der Waals surface area contributed by atoms with Crippen LogP contribution in [0.3, 0.4) is 0 Å². The molecule has 0 radical (unpaired) electrons. The number of Topliss-reactive ketones (excluding diaryl/α,β-unsaturated/α-hetero) is 1. The Morgan fingerprint density at radius 1 is 1.14 bits per heavy atom. The number of carbonyl (C=O) groups is 2. The average Bonchev–Trinajstić information content (AvgIpc) is 3.31. The molecule has 0 unspecified atom stereocenters. The summed E-state index contributed by atoms with van der Waals surface area (Å²) in [6.45, 7) is 2.91. The Morgan fingerprint density at radius 3 is 2.45 bits per heavy atom. The number of carbonyl (C=O) groups excluding carboxylic acids is 2. The first kappa shape index (κ1) is 19.7. The van der Waals surface area contributed by atoms with E-state index in [1.54, 1.807) is 36.4 Å². The minimum atomic E-state index is -0.683. The monoisotopic (exact) mass is 411 g/mol. The first-order chi connectivity index (χ1) is 14.0. The zero-order valence-electron chi connectivity index (χ0n) is 16.1. The molecule has 2 saturated heterocycles. The van der Waals surface area contributed by atoms with Gasteiger partial charge in [-0.1, -0.05) is 53.6 Å². The number of halogens is 1. The summed E-state index contributed by atoms with van der Waals surface area (Å²) in [5.41, 5.74) is 2.36. The SMILES string of the molecule is Cc1ccc(C(O)=C2C(=O)C(=O)N(C[C@H]3CCCO3)[C@@H]2c2ccc(Cl)cc2)cc1. The van der Waals surface area contributed by atoms with Gasteiger partial charge in [-0.25, -0.2) is 0 Å². The number of aryl methyl sites for hydroxylation is 1. The van der Waals surface area contributed by atoms with Crippen molar-refractivity contribution in [2.45, 2.75) is 31.9 Å². The van der Waals surface area contributed by atoms with E-state index < -0.39 is 17.7 Å². The molecule has 4 rings (SSSR count). The lowest BCUT2D eigenvalue weighted by Gasteiger charge is -2.27. The van der Waals surface area contributed by atoms with Gasteiger partial charge in [0.15, 0.2) is 0 Å². The van der Waals surface area contributed by atoms with E-state index in [2.05, 4.69) is 0 Å². The van der Waals surface area contributed by atoms with Crippen molar-refractivity contribution in [2.24, 2.45) is 0 Å². The molecule has 0 spiro atoms. The van der Waals surface area contributed by atoms with Gasteiger partial charge in [0, 0.05) is 23.7 Å². The first-order valence-corrected chi connectivity index (χ1v) is 10.1. The summed E-state index contributed by atoms with van der Waals surface area (Å²) in [4.78, 5) is 27.4. The molecule has 150 valence electrons. The molecule has 0 bridgehead atoms. The number of benzene rings is 2. The Balaban J connectivity index is 1.81. The number of hydrogen-bond donors (Lipinski definition) is 1. The van der Waals surface area contributed by atoms with Crippen molar-refractivity contribution in [1.82, 2.24) is 4.90 Å². The van der Waals surface area contributed by atoms with E-state index in [9.17, 15) is 14.7 Å². The van der Waals surface area contributed by atoms with E-state index in [1.807, 2.05) is 19.1 Å². The average molecular weight is 412 g/mol. The van der Waals surface area contributed by atoms with E-state index in [0.717, 1.165) is 24.0 Å². The van der Waals surface area contributed by atoms with E-state index in [0.29, 0.717) is 23.7 Å². The number of hydrogen-bond acceptors (Lipinski definition) is 4. The van der Waals surface area contributed by atoms with Crippen LogP contribution in [0.25, 0.3) is 5.76 Å². The summed E-state index contributed by atoms with van der Waals surface area (Å²) in [5.74, 6) is -1.46. The Morgan fingerprint density at radius 2 is 1.83 bits per heavy atom. The predicted molar refractivity (Wildman–Crippen MR) is 111 cm³/mol. The van der Waals surface area contributed by atoms with Crippen molar-refractivity contribution in [1.29, 1.82) is 0 Å². The van der Waals surface area contributed by atoms with Crippen LogP contribution in [0, 0.1) is 6.92 Å². The van der Waals surface area contributed by atoms with Crippen molar-refractivity contribution in [3.63, 3.8) is 0 Å². The van der Waals surface area contributed by atoms with Crippen molar-refractivity contribution >= 4 is 29.1 Å². The lowest BCUT2D eigenvalue weighted by molar-refractivity contribution is -0.140. The predicted octanol–water partition coefficient (Wildman–Crippen LogP) is 4.25. The number of amides is 1. The van der Waals surface area contributed by atoms with E-state index in [1.165, 1.54) is 4.90 Å². The minimum Gasteiger partial charge on any atom is -0.507 e. The topological polar surface area (TPSA) is 66.8 Å². The summed E-state index contributed by atoms with van der Waals surface area (Å²) in [6, 6.07) is 13.5. The van der Waals surface area contributed by atoms with E-state index >= 15 is 0 Å². The fourth-order valence-electron chi connectivity index (χ4n) is 3.93. The Bertz CT molecular complexity index is 959. The molecule has 0 saturated carbocycles. The summed E-state index contributed by atoms with van der Waals surface area (Å²) >= 11 is 6.03. The smallest absolute Gasteiger partial charge is 0.295 e. The van der Waals surface area contributed by atoms with Crippen LogP contribution in [0.2, 0.25) is 5.02 Å². The van der Waals surface area contributed by atoms with Gasteiger partial charge in [-0.05, 0) is 37.5 Å². The van der Waals surface area contributed by atoms with Crippen LogP contribution >= 0.6 is 11.6 Å². The normalized spacial score (nSPS) is 23.7. The molecule has 2 fully saturated rings. The van der Waals surface area contributed by atoms with E-state index in [4.69, 9.17) is 16.3 Å². The maximum Gasteiger partial charge on any atom is 0.295 e. The second-order valence-corrected chi connectivity index (χ2v) is 7.94. The Hall–Kier alpha value is -2.63. The zero-order chi connectivity index (χ0) is 20.5. The highest BCUT2D eigenvalue weighted by atomic mass is 35.5. The number of rotatable bonds is 4. The lowest BCUT2D eigenvalue weighted by atomic mass is 9.95. The van der Waals surface area contributed by atoms with Crippen LogP contribution < -0.4 is 0 Å². The zero-order valence-corrected chi connectivity index (χ0v) is 16.9. The maximum absolute atomic E-state index is 12.9. The van der Waals surface area contributed by atoms with Crippen LogP contribution in [0.15, 0.2) is 54.1 Å². The molecule has 1 N–H and O–H groups in total. The van der Waals surface area contributed by atoms with Gasteiger partial charge in [0.05, 0.1) is 17.7 Å². The summed E-state index contributed by atoms with van der Waals surface area (Å²) in [6.07, 6.45) is 1.67. The van der Waals surface area contributed by atoms with Crippen molar-refractivity contribution in [3.8, 4) is 0 Å². The molecule has 1 amide bonds. The van der Waals surface area contributed by atoms with Gasteiger partial charge in [-0.3, -0.25) is 9.59 Å². The van der Waals surface area contributed by atoms with E-state index in [-0.39, 0.29) is 17.4 Å². The van der Waals surface area contributed by atoms with Crippen molar-refractivity contribution < 1.29 is 19.4 Å². The van der Waals surface area contributed by atoms with Crippen LogP contribution in [0.5, 0.6) is 0 Å². The molecule has 2 aromatic rings. The first-order valence-electron chi connectivity index (χ1n) is 9.68. The van der Waals surface area contributed by atoms with Crippen LogP contribution in [0.4, 0.5) is 0 Å². The van der Waals surface area contributed by atoms with Gasteiger partial charge in [0.2, 0.25) is 0 Å². The second kappa shape index (κ2) is 8.01. The number of likely N-dealkylation sites (tertiary alicyclic amines) is 1. The second-order valence-electron chi connectivity index (χ2n) is 7.50. The molecule has 0 aromatic heterocycles.